The zero-order chi connectivity index (χ0) is 18.0. The van der Waals surface area contributed by atoms with Gasteiger partial charge in [-0.25, -0.2) is 4.79 Å². The van der Waals surface area contributed by atoms with E-state index in [-0.39, 0.29) is 25.2 Å². The number of nitrogens with two attached hydrogens (primary N) is 1. The summed E-state index contributed by atoms with van der Waals surface area (Å²) in [5, 5.41) is 2.82. The van der Waals surface area contributed by atoms with Gasteiger partial charge in [0, 0.05) is 19.2 Å². The van der Waals surface area contributed by atoms with Crippen molar-refractivity contribution in [1.29, 1.82) is 0 Å². The number of nitrogens with one attached hydrogen (secondary N) is 1. The molecule has 0 aromatic heterocycles. The minimum absolute atomic E-state index is 0.110. The van der Waals surface area contributed by atoms with Gasteiger partial charge in [0.15, 0.2) is 6.61 Å². The van der Waals surface area contributed by atoms with Crippen LogP contribution in [0.5, 0.6) is 11.5 Å². The summed E-state index contributed by atoms with van der Waals surface area (Å²) in [6, 6.07) is 5.11. The maximum atomic E-state index is 12.4. The Hall–Kier alpha value is -2.97. The van der Waals surface area contributed by atoms with E-state index in [4.69, 9.17) is 19.9 Å². The number of ether oxygens (including phenoxy) is 3. The van der Waals surface area contributed by atoms with Crippen molar-refractivity contribution < 1.29 is 28.6 Å². The summed E-state index contributed by atoms with van der Waals surface area (Å²) in [6.07, 6.45) is -0.164. The van der Waals surface area contributed by atoms with Crippen LogP contribution in [0.2, 0.25) is 0 Å². The fourth-order valence-corrected chi connectivity index (χ4v) is 2.41. The number of amides is 3. The predicted octanol–water partition coefficient (Wildman–Crippen LogP) is 0.163. The number of nitrogens with zero attached hydrogens (tertiary/aromatic N) is 1. The molecule has 1 atom stereocenters. The third-order valence-corrected chi connectivity index (χ3v) is 3.86. The Morgan fingerprint density at radius 3 is 2.84 bits per heavy atom. The standard InChI is InChI=1S/C16H19N3O6/c1-19-11-6-10(23-8-14(20)18-9-2-3-9)4-5-12(11)24-7-13(15(19)21)25-16(17)22/h4-6,9,13H,2-3,7-8H2,1H3,(H2,17,22)(H,18,20)/t13-/m0/s1. The quantitative estimate of drug-likeness (QED) is 0.781. The first-order chi connectivity index (χ1) is 11.9. The predicted molar refractivity (Wildman–Crippen MR) is 86.5 cm³/mol. The number of carbonyl (C=O) groups is 3. The molecule has 9 heteroatoms. The van der Waals surface area contributed by atoms with Crippen molar-refractivity contribution >= 4 is 23.6 Å². The molecular formula is C16H19N3O6. The Bertz CT molecular complexity index is 703. The molecule has 9 nitrogen and oxygen atoms in total. The van der Waals surface area contributed by atoms with Gasteiger partial charge in [0.05, 0.1) is 5.69 Å². The second-order valence-corrected chi connectivity index (χ2v) is 5.89. The summed E-state index contributed by atoms with van der Waals surface area (Å²) < 4.78 is 15.8. The van der Waals surface area contributed by atoms with Gasteiger partial charge in [-0.2, -0.15) is 0 Å². The molecule has 1 aromatic rings. The molecule has 2 aliphatic rings. The monoisotopic (exact) mass is 349 g/mol. The lowest BCUT2D eigenvalue weighted by Gasteiger charge is -2.19. The molecule has 25 heavy (non-hydrogen) atoms. The third kappa shape index (κ3) is 4.11. The number of anilines is 1. The lowest BCUT2D eigenvalue weighted by molar-refractivity contribution is -0.127. The van der Waals surface area contributed by atoms with E-state index >= 15 is 0 Å². The maximum Gasteiger partial charge on any atom is 0.405 e. The van der Waals surface area contributed by atoms with Gasteiger partial charge in [0.2, 0.25) is 6.10 Å². The number of likely N-dealkylation sites (N-methyl/N-ethyl adjacent to an activating group) is 1. The molecule has 1 heterocycles. The van der Waals surface area contributed by atoms with Crippen LogP contribution in [-0.2, 0) is 14.3 Å². The van der Waals surface area contributed by atoms with E-state index < -0.39 is 18.1 Å². The Kier molecular flexibility index (Phi) is 4.64. The van der Waals surface area contributed by atoms with Crippen LogP contribution in [0.1, 0.15) is 12.8 Å². The highest BCUT2D eigenvalue weighted by Crippen LogP contribution is 2.34. The van der Waals surface area contributed by atoms with E-state index in [2.05, 4.69) is 5.32 Å². The highest BCUT2D eigenvalue weighted by atomic mass is 16.6. The Morgan fingerprint density at radius 2 is 2.16 bits per heavy atom. The normalized spacial score (nSPS) is 19.3. The van der Waals surface area contributed by atoms with Crippen molar-refractivity contribution in [3.63, 3.8) is 0 Å². The summed E-state index contributed by atoms with van der Waals surface area (Å²) in [7, 11) is 1.52. The number of primary amides is 1. The van der Waals surface area contributed by atoms with Gasteiger partial charge in [-0.05, 0) is 25.0 Å². The first-order valence-corrected chi connectivity index (χ1v) is 7.86. The minimum Gasteiger partial charge on any atom is -0.487 e. The molecule has 0 saturated heterocycles. The molecule has 3 rings (SSSR count). The largest absolute Gasteiger partial charge is 0.487 e. The minimum atomic E-state index is -1.12. The second-order valence-electron chi connectivity index (χ2n) is 5.89. The van der Waals surface area contributed by atoms with Gasteiger partial charge >= 0.3 is 6.09 Å². The van der Waals surface area contributed by atoms with Crippen LogP contribution in [-0.4, -0.2) is 50.3 Å². The van der Waals surface area contributed by atoms with E-state index in [1.165, 1.54) is 11.9 Å². The summed E-state index contributed by atoms with van der Waals surface area (Å²) in [5.74, 6) is 0.192. The Balaban J connectivity index is 1.69. The Labute approximate surface area is 144 Å². The van der Waals surface area contributed by atoms with E-state index in [1.54, 1.807) is 18.2 Å². The highest BCUT2D eigenvalue weighted by Gasteiger charge is 2.32. The summed E-state index contributed by atoms with van der Waals surface area (Å²) in [5.41, 5.74) is 5.42. The fraction of sp³-hybridized carbons (Fsp3) is 0.438. The van der Waals surface area contributed by atoms with Gasteiger partial charge in [-0.15, -0.1) is 0 Å². The van der Waals surface area contributed by atoms with Gasteiger partial charge < -0.3 is 30.2 Å². The van der Waals surface area contributed by atoms with Crippen LogP contribution in [0.4, 0.5) is 10.5 Å². The van der Waals surface area contributed by atoms with Crippen LogP contribution in [0.3, 0.4) is 0 Å². The van der Waals surface area contributed by atoms with Gasteiger partial charge in [-0.1, -0.05) is 0 Å². The average Bonchev–Trinajstić information content (AvgIpc) is 3.39. The summed E-state index contributed by atoms with van der Waals surface area (Å²) in [6.45, 7) is -0.246. The van der Waals surface area contributed by atoms with Gasteiger partial charge in [0.1, 0.15) is 18.1 Å². The van der Waals surface area contributed by atoms with E-state index in [0.29, 0.717) is 17.2 Å². The molecular weight excluding hydrogens is 330 g/mol. The number of rotatable bonds is 5. The molecule has 3 N–H and O–H groups in total. The number of hydrogen-bond acceptors (Lipinski definition) is 6. The summed E-state index contributed by atoms with van der Waals surface area (Å²) in [4.78, 5) is 36.2. The average molecular weight is 349 g/mol. The number of benzene rings is 1. The molecule has 134 valence electrons. The first-order valence-electron chi connectivity index (χ1n) is 7.86. The van der Waals surface area contributed by atoms with Crippen molar-refractivity contribution in [3.05, 3.63) is 18.2 Å². The zero-order valence-corrected chi connectivity index (χ0v) is 13.7. The SMILES string of the molecule is CN1C(=O)[C@@H](OC(N)=O)COc2ccc(OCC(=O)NC3CC3)cc21. The molecule has 1 aromatic carbocycles. The molecule has 1 aliphatic heterocycles. The number of hydrogen-bond donors (Lipinski definition) is 2. The lowest BCUT2D eigenvalue weighted by Crippen LogP contribution is -2.41. The molecule has 3 amide bonds. The van der Waals surface area contributed by atoms with E-state index in [0.717, 1.165) is 12.8 Å². The molecule has 1 fully saturated rings. The molecule has 0 spiro atoms. The molecule has 0 unspecified atom stereocenters. The Morgan fingerprint density at radius 1 is 1.40 bits per heavy atom. The van der Waals surface area contributed by atoms with E-state index in [9.17, 15) is 14.4 Å². The van der Waals surface area contributed by atoms with Crippen LogP contribution in [0.15, 0.2) is 18.2 Å². The molecule has 1 aliphatic carbocycles. The van der Waals surface area contributed by atoms with Crippen molar-refractivity contribution in [2.75, 3.05) is 25.2 Å². The van der Waals surface area contributed by atoms with Gasteiger partial charge in [0.25, 0.3) is 11.8 Å². The fourth-order valence-electron chi connectivity index (χ4n) is 2.41. The number of fused-ring (bicyclic) bond motifs is 1. The van der Waals surface area contributed by atoms with Crippen molar-refractivity contribution in [3.8, 4) is 11.5 Å². The maximum absolute atomic E-state index is 12.4. The van der Waals surface area contributed by atoms with Crippen molar-refractivity contribution in [2.24, 2.45) is 5.73 Å². The van der Waals surface area contributed by atoms with Crippen LogP contribution >= 0.6 is 0 Å². The van der Waals surface area contributed by atoms with Crippen LogP contribution in [0.25, 0.3) is 0 Å². The van der Waals surface area contributed by atoms with Gasteiger partial charge in [-0.3, -0.25) is 9.59 Å². The number of carbonyl (C=O) groups excluding carboxylic acids is 3. The summed E-state index contributed by atoms with van der Waals surface area (Å²) >= 11 is 0. The molecule has 1 saturated carbocycles. The molecule has 0 bridgehead atoms. The molecule has 0 radical (unpaired) electrons. The zero-order valence-electron chi connectivity index (χ0n) is 13.7. The van der Waals surface area contributed by atoms with Crippen LogP contribution in [0, 0.1) is 0 Å². The first kappa shape index (κ1) is 16.9. The van der Waals surface area contributed by atoms with Crippen LogP contribution < -0.4 is 25.4 Å². The topological polar surface area (TPSA) is 120 Å². The highest BCUT2D eigenvalue weighted by molar-refractivity contribution is 5.99. The third-order valence-electron chi connectivity index (χ3n) is 3.86. The smallest absolute Gasteiger partial charge is 0.405 e. The van der Waals surface area contributed by atoms with Crippen molar-refractivity contribution in [1.82, 2.24) is 5.32 Å². The lowest BCUT2D eigenvalue weighted by atomic mass is 10.2. The second kappa shape index (κ2) is 6.88. The van der Waals surface area contributed by atoms with Crippen molar-refractivity contribution in [2.45, 2.75) is 25.0 Å². The van der Waals surface area contributed by atoms with E-state index in [1.807, 2.05) is 0 Å².